The molecule has 0 bridgehead atoms. The Bertz CT molecular complexity index is 742. The molecule has 27 heavy (non-hydrogen) atoms. The summed E-state index contributed by atoms with van der Waals surface area (Å²) in [6.45, 7) is 1.09. The van der Waals surface area contributed by atoms with Gasteiger partial charge in [0.2, 0.25) is 0 Å². The first kappa shape index (κ1) is 19.3. The van der Waals surface area contributed by atoms with Crippen LogP contribution < -0.4 is 9.64 Å². The molecule has 146 valence electrons. The molecule has 0 spiro atoms. The summed E-state index contributed by atoms with van der Waals surface area (Å²) in [6.07, 6.45) is 1.00. The van der Waals surface area contributed by atoms with Crippen molar-refractivity contribution in [2.45, 2.75) is 31.5 Å². The largest absolute Gasteiger partial charge is 0.482 e. The predicted octanol–water partition coefficient (Wildman–Crippen LogP) is 1.69. The van der Waals surface area contributed by atoms with Gasteiger partial charge in [0.25, 0.3) is 5.91 Å². The Morgan fingerprint density at radius 1 is 1.33 bits per heavy atom. The zero-order valence-electron chi connectivity index (χ0n) is 15.6. The van der Waals surface area contributed by atoms with Crippen molar-refractivity contribution >= 4 is 23.3 Å². The predicted molar refractivity (Wildman–Crippen MR) is 97.3 cm³/mol. The Hall–Kier alpha value is -2.45. The normalized spacial score (nSPS) is 18.4. The maximum Gasteiger partial charge on any atom is 0.311 e. The molecule has 0 aromatic heterocycles. The van der Waals surface area contributed by atoms with E-state index in [4.69, 9.17) is 24.4 Å². The lowest BCUT2D eigenvalue weighted by molar-refractivity contribution is -0.144. The quantitative estimate of drug-likeness (QED) is 0.599. The number of hydrogen-bond acceptors (Lipinski definition) is 7. The number of hydrogen-bond donors (Lipinski definition) is 1. The topological polar surface area (TPSA) is 98.2 Å². The highest BCUT2D eigenvalue weighted by atomic mass is 16.5. The molecule has 8 heteroatoms. The van der Waals surface area contributed by atoms with E-state index in [1.54, 1.807) is 32.4 Å². The van der Waals surface area contributed by atoms with Crippen LogP contribution in [0.4, 0.5) is 5.69 Å². The zero-order valence-corrected chi connectivity index (χ0v) is 15.6. The molecule has 1 N–H and O–H groups in total. The number of benzene rings is 1. The molecular weight excluding hydrogens is 352 g/mol. The van der Waals surface area contributed by atoms with E-state index in [1.807, 2.05) is 0 Å². The first-order valence-corrected chi connectivity index (χ1v) is 8.84. The standard InChI is InChI=1S/C19H24N2O6/c1-21-14-4-3-13(9-15(14)26-12-17(21)22)11-27-18(23)10-16(20)19(24-2)5-7-25-8-6-19/h3-4,9,20H,5-8,10-12H2,1-2H3. The molecule has 0 unspecified atom stereocenters. The van der Waals surface area contributed by atoms with E-state index in [9.17, 15) is 9.59 Å². The molecule has 1 amide bonds. The SMILES string of the molecule is COC1(C(=N)CC(=O)OCc2ccc3c(c2)OCC(=O)N3C)CCOCC1. The molecule has 1 saturated heterocycles. The fourth-order valence-electron chi connectivity index (χ4n) is 3.26. The van der Waals surface area contributed by atoms with Crippen LogP contribution in [-0.4, -0.2) is 57.2 Å². The number of nitrogens with one attached hydrogen (secondary N) is 1. The number of nitrogens with zero attached hydrogens (tertiary/aromatic N) is 1. The molecule has 2 aliphatic rings. The fourth-order valence-corrected chi connectivity index (χ4v) is 3.26. The maximum absolute atomic E-state index is 12.2. The summed E-state index contributed by atoms with van der Waals surface area (Å²) < 4.78 is 21.6. The van der Waals surface area contributed by atoms with E-state index >= 15 is 0 Å². The molecule has 0 saturated carbocycles. The summed E-state index contributed by atoms with van der Waals surface area (Å²) in [7, 11) is 3.25. The Labute approximate surface area is 157 Å². The number of amides is 1. The Morgan fingerprint density at radius 2 is 2.07 bits per heavy atom. The van der Waals surface area contributed by atoms with Gasteiger partial charge in [-0.3, -0.25) is 9.59 Å². The summed E-state index contributed by atoms with van der Waals surface area (Å²) in [5.41, 5.74) is 0.911. The van der Waals surface area contributed by atoms with E-state index in [1.165, 1.54) is 4.90 Å². The average molecular weight is 376 g/mol. The average Bonchev–Trinajstić information content (AvgIpc) is 2.69. The second-order valence-electron chi connectivity index (χ2n) is 6.67. The molecule has 0 radical (unpaired) electrons. The molecule has 0 aliphatic carbocycles. The molecule has 3 rings (SSSR count). The second kappa shape index (κ2) is 8.06. The second-order valence-corrected chi connectivity index (χ2v) is 6.67. The number of methoxy groups -OCH3 is 1. The lowest BCUT2D eigenvalue weighted by Gasteiger charge is -2.36. The number of likely N-dealkylation sites (N-methyl/N-ethyl adjacent to an activating group) is 1. The molecule has 8 nitrogen and oxygen atoms in total. The minimum Gasteiger partial charge on any atom is -0.482 e. The first-order valence-electron chi connectivity index (χ1n) is 8.84. The van der Waals surface area contributed by atoms with Crippen molar-refractivity contribution < 1.29 is 28.5 Å². The third-order valence-electron chi connectivity index (χ3n) is 5.07. The summed E-state index contributed by atoms with van der Waals surface area (Å²) >= 11 is 0. The van der Waals surface area contributed by atoms with Gasteiger partial charge in [0.05, 0.1) is 17.8 Å². The van der Waals surface area contributed by atoms with Gasteiger partial charge in [-0.05, 0) is 17.7 Å². The summed E-state index contributed by atoms with van der Waals surface area (Å²) in [5, 5.41) is 8.27. The van der Waals surface area contributed by atoms with Gasteiger partial charge in [-0.1, -0.05) is 6.07 Å². The van der Waals surface area contributed by atoms with Crippen LogP contribution in [0.15, 0.2) is 18.2 Å². The number of fused-ring (bicyclic) bond motifs is 1. The Balaban J connectivity index is 1.56. The maximum atomic E-state index is 12.2. The minimum atomic E-state index is -0.742. The summed E-state index contributed by atoms with van der Waals surface area (Å²) in [5.74, 6) is -0.00633. The van der Waals surface area contributed by atoms with E-state index in [0.29, 0.717) is 37.5 Å². The first-order chi connectivity index (χ1) is 12.9. The van der Waals surface area contributed by atoms with Gasteiger partial charge in [-0.2, -0.15) is 0 Å². The van der Waals surface area contributed by atoms with Crippen LogP contribution in [-0.2, 0) is 30.4 Å². The molecule has 0 atom stereocenters. The van der Waals surface area contributed by atoms with Gasteiger partial charge in [0.15, 0.2) is 6.61 Å². The Kier molecular flexibility index (Phi) is 5.76. The number of esters is 1. The Morgan fingerprint density at radius 3 is 2.78 bits per heavy atom. The molecule has 1 aromatic rings. The highest BCUT2D eigenvalue weighted by Crippen LogP contribution is 2.32. The van der Waals surface area contributed by atoms with E-state index < -0.39 is 11.6 Å². The van der Waals surface area contributed by atoms with Crippen molar-refractivity contribution in [3.63, 3.8) is 0 Å². The number of ether oxygens (including phenoxy) is 4. The highest BCUT2D eigenvalue weighted by molar-refractivity contribution is 6.02. The van der Waals surface area contributed by atoms with Gasteiger partial charge >= 0.3 is 5.97 Å². The van der Waals surface area contributed by atoms with Gasteiger partial charge in [0.1, 0.15) is 18.0 Å². The number of rotatable bonds is 6. The smallest absolute Gasteiger partial charge is 0.311 e. The minimum absolute atomic E-state index is 0.00722. The van der Waals surface area contributed by atoms with Gasteiger partial charge in [-0.15, -0.1) is 0 Å². The van der Waals surface area contributed by atoms with Crippen LogP contribution in [0.2, 0.25) is 0 Å². The molecular formula is C19H24N2O6. The van der Waals surface area contributed by atoms with Crippen molar-refractivity contribution in [3.8, 4) is 5.75 Å². The third kappa shape index (κ3) is 4.12. The molecule has 2 aliphatic heterocycles. The van der Waals surface area contributed by atoms with Crippen LogP contribution in [0.1, 0.15) is 24.8 Å². The third-order valence-corrected chi connectivity index (χ3v) is 5.07. The van der Waals surface area contributed by atoms with Crippen LogP contribution in [0.25, 0.3) is 0 Å². The van der Waals surface area contributed by atoms with Gasteiger partial charge < -0.3 is 29.3 Å². The van der Waals surface area contributed by atoms with Crippen molar-refractivity contribution in [1.82, 2.24) is 0 Å². The molecule has 2 heterocycles. The van der Waals surface area contributed by atoms with E-state index in [-0.39, 0.29) is 31.3 Å². The van der Waals surface area contributed by atoms with Crippen LogP contribution >= 0.6 is 0 Å². The van der Waals surface area contributed by atoms with Crippen LogP contribution in [0.3, 0.4) is 0 Å². The van der Waals surface area contributed by atoms with Crippen molar-refractivity contribution in [3.05, 3.63) is 23.8 Å². The zero-order chi connectivity index (χ0) is 19.4. The summed E-state index contributed by atoms with van der Waals surface area (Å²) in [6, 6.07) is 5.30. The van der Waals surface area contributed by atoms with Crippen molar-refractivity contribution in [1.29, 1.82) is 5.41 Å². The van der Waals surface area contributed by atoms with Gasteiger partial charge in [0, 0.05) is 40.2 Å². The lowest BCUT2D eigenvalue weighted by atomic mass is 9.87. The van der Waals surface area contributed by atoms with E-state index in [0.717, 1.165) is 5.56 Å². The van der Waals surface area contributed by atoms with E-state index in [2.05, 4.69) is 0 Å². The number of carbonyl (C=O) groups is 2. The lowest BCUT2D eigenvalue weighted by Crippen LogP contribution is -2.46. The van der Waals surface area contributed by atoms with Crippen LogP contribution in [0, 0.1) is 5.41 Å². The highest BCUT2D eigenvalue weighted by Gasteiger charge is 2.38. The van der Waals surface area contributed by atoms with Crippen LogP contribution in [0.5, 0.6) is 5.75 Å². The van der Waals surface area contributed by atoms with Crippen molar-refractivity contribution in [2.75, 3.05) is 38.9 Å². The molecule has 1 aromatic carbocycles. The van der Waals surface area contributed by atoms with Gasteiger partial charge in [-0.25, -0.2) is 0 Å². The monoisotopic (exact) mass is 376 g/mol. The molecule has 1 fully saturated rings. The fraction of sp³-hybridized carbons (Fsp3) is 0.526. The number of carbonyl (C=O) groups excluding carboxylic acids is 2. The summed E-state index contributed by atoms with van der Waals surface area (Å²) in [4.78, 5) is 25.3. The number of anilines is 1. The van der Waals surface area contributed by atoms with Crippen molar-refractivity contribution in [2.24, 2.45) is 0 Å².